The van der Waals surface area contributed by atoms with Crippen LogP contribution in [0, 0.1) is 12.8 Å². The zero-order valence-electron chi connectivity index (χ0n) is 12.6. The number of aromatic carboxylic acids is 1. The quantitative estimate of drug-likeness (QED) is 0.663. The van der Waals surface area contributed by atoms with Crippen molar-refractivity contribution in [3.05, 3.63) is 41.0 Å². The minimum absolute atomic E-state index is 0.127. The molecule has 2 aliphatic rings. The Morgan fingerprint density at radius 2 is 2.18 bits per heavy atom. The summed E-state index contributed by atoms with van der Waals surface area (Å²) in [6.07, 6.45) is 5.01. The number of anilines is 1. The molecule has 0 unspecified atom stereocenters. The lowest BCUT2D eigenvalue weighted by molar-refractivity contribution is -0.145. The van der Waals surface area contributed by atoms with Crippen LogP contribution in [0.3, 0.4) is 0 Å². The SMILES string of the molecule is CCOC(=O)[C@H]1Nc2c(ccc(C(=O)O)c2C)[C@H]2C=CC[C@H]12. The fourth-order valence-electron chi connectivity index (χ4n) is 3.51. The first-order valence-electron chi connectivity index (χ1n) is 7.51. The van der Waals surface area contributed by atoms with Crippen molar-refractivity contribution in [2.24, 2.45) is 5.92 Å². The lowest BCUT2D eigenvalue weighted by Crippen LogP contribution is -2.43. The molecular weight excluding hydrogens is 282 g/mol. The third kappa shape index (κ3) is 2.17. The number of benzene rings is 1. The van der Waals surface area contributed by atoms with Gasteiger partial charge in [0.2, 0.25) is 0 Å². The maximum atomic E-state index is 12.3. The standard InChI is InChI=1S/C17H19NO4/c1-3-22-17(21)15-12-6-4-5-11(12)13-8-7-10(16(19)20)9(2)14(13)18-15/h4-5,7-8,11-12,15,18H,3,6H2,1-2H3,(H,19,20)/t11-,12-,15-/m0/s1. The van der Waals surface area contributed by atoms with Crippen molar-refractivity contribution in [2.45, 2.75) is 32.2 Å². The first-order chi connectivity index (χ1) is 10.5. The molecule has 3 rings (SSSR count). The number of hydrogen-bond acceptors (Lipinski definition) is 4. The number of carboxylic acid groups (broad SMARTS) is 1. The highest BCUT2D eigenvalue weighted by Crippen LogP contribution is 2.46. The molecule has 0 aromatic heterocycles. The molecule has 1 aliphatic heterocycles. The summed E-state index contributed by atoms with van der Waals surface area (Å²) in [6, 6.07) is 3.06. The van der Waals surface area contributed by atoms with Crippen molar-refractivity contribution in [3.8, 4) is 0 Å². The maximum absolute atomic E-state index is 12.3. The minimum atomic E-state index is -0.959. The van der Waals surface area contributed by atoms with Crippen LogP contribution in [0.2, 0.25) is 0 Å². The summed E-state index contributed by atoms with van der Waals surface area (Å²) < 4.78 is 5.18. The van der Waals surface area contributed by atoms with Gasteiger partial charge in [0.25, 0.3) is 0 Å². The predicted molar refractivity (Wildman–Crippen MR) is 82.2 cm³/mol. The molecule has 2 N–H and O–H groups in total. The number of fused-ring (bicyclic) bond motifs is 3. The highest BCUT2D eigenvalue weighted by molar-refractivity contribution is 5.93. The molecule has 116 valence electrons. The molecule has 1 aliphatic carbocycles. The summed E-state index contributed by atoms with van der Waals surface area (Å²) in [5.74, 6) is -0.973. The second-order valence-electron chi connectivity index (χ2n) is 5.74. The van der Waals surface area contributed by atoms with Gasteiger partial charge in [0.15, 0.2) is 0 Å². The largest absolute Gasteiger partial charge is 0.478 e. The average molecular weight is 301 g/mol. The van der Waals surface area contributed by atoms with E-state index in [2.05, 4.69) is 17.5 Å². The van der Waals surface area contributed by atoms with E-state index in [9.17, 15) is 14.7 Å². The normalized spacial score (nSPS) is 25.1. The number of ether oxygens (including phenoxy) is 1. The summed E-state index contributed by atoms with van der Waals surface area (Å²) in [5.41, 5.74) is 2.74. The predicted octanol–water partition coefficient (Wildman–Crippen LogP) is 2.71. The van der Waals surface area contributed by atoms with Crippen LogP contribution in [0.15, 0.2) is 24.3 Å². The average Bonchev–Trinajstić information content (AvgIpc) is 2.96. The van der Waals surface area contributed by atoms with E-state index in [0.29, 0.717) is 12.2 Å². The van der Waals surface area contributed by atoms with Crippen molar-refractivity contribution in [2.75, 3.05) is 11.9 Å². The second kappa shape index (κ2) is 5.48. The van der Waals surface area contributed by atoms with Crippen LogP contribution in [0.5, 0.6) is 0 Å². The van der Waals surface area contributed by atoms with Crippen LogP contribution in [0.4, 0.5) is 5.69 Å². The molecule has 1 heterocycles. The third-order valence-electron chi connectivity index (χ3n) is 4.57. The van der Waals surface area contributed by atoms with Gasteiger partial charge in [-0.2, -0.15) is 0 Å². The molecule has 0 radical (unpaired) electrons. The smallest absolute Gasteiger partial charge is 0.336 e. The summed E-state index contributed by atoms with van der Waals surface area (Å²) in [5, 5.41) is 12.5. The van der Waals surface area contributed by atoms with Gasteiger partial charge in [0, 0.05) is 17.5 Å². The van der Waals surface area contributed by atoms with Crippen LogP contribution in [0.25, 0.3) is 0 Å². The molecule has 0 amide bonds. The number of esters is 1. The Bertz CT molecular complexity index is 665. The lowest BCUT2D eigenvalue weighted by atomic mass is 9.78. The van der Waals surface area contributed by atoms with Gasteiger partial charge in [0.05, 0.1) is 12.2 Å². The molecule has 3 atom stereocenters. The minimum Gasteiger partial charge on any atom is -0.478 e. The van der Waals surface area contributed by atoms with Crippen molar-refractivity contribution in [1.29, 1.82) is 0 Å². The summed E-state index contributed by atoms with van der Waals surface area (Å²) >= 11 is 0. The third-order valence-corrected chi connectivity index (χ3v) is 4.57. The number of carboxylic acids is 1. The van der Waals surface area contributed by atoms with E-state index in [0.717, 1.165) is 17.7 Å². The van der Waals surface area contributed by atoms with Crippen LogP contribution >= 0.6 is 0 Å². The van der Waals surface area contributed by atoms with E-state index in [1.165, 1.54) is 0 Å². The van der Waals surface area contributed by atoms with Crippen molar-refractivity contribution < 1.29 is 19.4 Å². The van der Waals surface area contributed by atoms with Crippen LogP contribution < -0.4 is 5.32 Å². The zero-order valence-corrected chi connectivity index (χ0v) is 12.6. The van der Waals surface area contributed by atoms with E-state index in [1.54, 1.807) is 19.9 Å². The molecule has 22 heavy (non-hydrogen) atoms. The molecule has 0 saturated heterocycles. The van der Waals surface area contributed by atoms with Crippen LogP contribution in [-0.2, 0) is 9.53 Å². The highest BCUT2D eigenvalue weighted by atomic mass is 16.5. The van der Waals surface area contributed by atoms with Gasteiger partial charge < -0.3 is 15.2 Å². The number of carbonyl (C=O) groups excluding carboxylic acids is 1. The molecule has 0 spiro atoms. The maximum Gasteiger partial charge on any atom is 0.336 e. The molecule has 5 nitrogen and oxygen atoms in total. The molecule has 1 aromatic carbocycles. The van der Waals surface area contributed by atoms with Gasteiger partial charge in [-0.3, -0.25) is 0 Å². The summed E-state index contributed by atoms with van der Waals surface area (Å²) in [6.45, 7) is 3.90. The monoisotopic (exact) mass is 301 g/mol. The van der Waals surface area contributed by atoms with Crippen LogP contribution in [-0.4, -0.2) is 29.7 Å². The number of rotatable bonds is 3. The van der Waals surface area contributed by atoms with E-state index in [1.807, 2.05) is 6.07 Å². The summed E-state index contributed by atoms with van der Waals surface area (Å²) in [7, 11) is 0. The number of nitrogens with one attached hydrogen (secondary N) is 1. The van der Waals surface area contributed by atoms with Crippen LogP contribution in [0.1, 0.15) is 40.7 Å². The Morgan fingerprint density at radius 1 is 1.41 bits per heavy atom. The van der Waals surface area contributed by atoms with E-state index in [-0.39, 0.29) is 23.4 Å². The topological polar surface area (TPSA) is 75.6 Å². The van der Waals surface area contributed by atoms with E-state index in [4.69, 9.17) is 4.74 Å². The summed E-state index contributed by atoms with van der Waals surface area (Å²) in [4.78, 5) is 23.6. The fourth-order valence-corrected chi connectivity index (χ4v) is 3.51. The Labute approximate surface area is 129 Å². The Balaban J connectivity index is 2.06. The van der Waals surface area contributed by atoms with Crippen molar-refractivity contribution in [1.82, 2.24) is 0 Å². The van der Waals surface area contributed by atoms with Gasteiger partial charge >= 0.3 is 11.9 Å². The van der Waals surface area contributed by atoms with Gasteiger partial charge in [-0.1, -0.05) is 18.2 Å². The van der Waals surface area contributed by atoms with Gasteiger partial charge in [-0.15, -0.1) is 0 Å². The molecule has 1 aromatic rings. The molecular formula is C17H19NO4. The van der Waals surface area contributed by atoms with Crippen molar-refractivity contribution >= 4 is 17.6 Å². The fraction of sp³-hybridized carbons (Fsp3) is 0.412. The molecule has 5 heteroatoms. The first-order valence-corrected chi connectivity index (χ1v) is 7.51. The second-order valence-corrected chi connectivity index (χ2v) is 5.74. The molecule has 0 fully saturated rings. The highest BCUT2D eigenvalue weighted by Gasteiger charge is 2.42. The Morgan fingerprint density at radius 3 is 2.86 bits per heavy atom. The van der Waals surface area contributed by atoms with Gasteiger partial charge in [-0.25, -0.2) is 9.59 Å². The van der Waals surface area contributed by atoms with E-state index >= 15 is 0 Å². The number of hydrogen-bond donors (Lipinski definition) is 2. The lowest BCUT2D eigenvalue weighted by Gasteiger charge is -2.36. The van der Waals surface area contributed by atoms with E-state index < -0.39 is 12.0 Å². The Hall–Kier alpha value is -2.30. The first kappa shape index (κ1) is 14.6. The van der Waals surface area contributed by atoms with Gasteiger partial charge in [-0.05, 0) is 37.5 Å². The van der Waals surface area contributed by atoms with Gasteiger partial charge in [0.1, 0.15) is 6.04 Å². The zero-order chi connectivity index (χ0) is 15.9. The Kier molecular flexibility index (Phi) is 3.64. The van der Waals surface area contributed by atoms with Crippen molar-refractivity contribution in [3.63, 3.8) is 0 Å². The molecule has 0 saturated carbocycles. The number of carbonyl (C=O) groups is 2. The number of allylic oxidation sites excluding steroid dienone is 2. The molecule has 0 bridgehead atoms.